The number of nitrogens with zero attached hydrogens (tertiary/aromatic N) is 1. The lowest BCUT2D eigenvalue weighted by Crippen LogP contribution is -2.42. The van der Waals surface area contributed by atoms with Gasteiger partial charge in [-0.3, -0.25) is 0 Å². The molecule has 0 saturated carbocycles. The molecule has 144 valence electrons. The molecule has 3 aromatic carbocycles. The van der Waals surface area contributed by atoms with Crippen molar-refractivity contribution >= 4 is 21.6 Å². The lowest BCUT2D eigenvalue weighted by molar-refractivity contribution is 0.285. The lowest BCUT2D eigenvalue weighted by atomic mass is 9.77. The lowest BCUT2D eigenvalue weighted by Gasteiger charge is -2.38. The van der Waals surface area contributed by atoms with Crippen molar-refractivity contribution in [2.75, 3.05) is 13.1 Å². The van der Waals surface area contributed by atoms with Gasteiger partial charge in [0.2, 0.25) is 10.0 Å². The van der Waals surface area contributed by atoms with Gasteiger partial charge in [0.15, 0.2) is 0 Å². The maximum Gasteiger partial charge on any atom is 0.243 e. The Morgan fingerprint density at radius 2 is 1.43 bits per heavy atom. The second kappa shape index (κ2) is 8.08. The first-order valence-electron chi connectivity index (χ1n) is 9.41. The van der Waals surface area contributed by atoms with Gasteiger partial charge in [0.25, 0.3) is 0 Å². The molecule has 0 aliphatic carbocycles. The zero-order valence-electron chi connectivity index (χ0n) is 15.4. The van der Waals surface area contributed by atoms with Crippen LogP contribution in [0.3, 0.4) is 0 Å². The fourth-order valence-corrected chi connectivity index (χ4v) is 5.76. The Morgan fingerprint density at radius 3 is 2.11 bits per heavy atom. The fourth-order valence-electron chi connectivity index (χ4n) is 4.06. The normalized spacial score (nSPS) is 20.8. The van der Waals surface area contributed by atoms with Gasteiger partial charge in [-0.1, -0.05) is 72.3 Å². The smallest absolute Gasteiger partial charge is 0.207 e. The average Bonchev–Trinajstić information content (AvgIpc) is 2.74. The first-order valence-corrected chi connectivity index (χ1v) is 11.2. The molecule has 0 bridgehead atoms. The first-order chi connectivity index (χ1) is 13.6. The summed E-state index contributed by atoms with van der Waals surface area (Å²) in [6.45, 7) is 0.949. The highest BCUT2D eigenvalue weighted by Crippen LogP contribution is 2.41. The van der Waals surface area contributed by atoms with Crippen molar-refractivity contribution in [1.82, 2.24) is 4.31 Å². The minimum atomic E-state index is -3.52. The van der Waals surface area contributed by atoms with Crippen LogP contribution in [0.15, 0.2) is 89.8 Å². The van der Waals surface area contributed by atoms with Crippen molar-refractivity contribution in [1.29, 1.82) is 0 Å². The highest BCUT2D eigenvalue weighted by molar-refractivity contribution is 7.89. The second-order valence-corrected chi connectivity index (χ2v) is 9.52. The standard InChI is InChI=1S/C23H22ClNO2S/c24-20-11-7-10-19(16-20)23-17-25(28(26,27)21-12-5-2-6-13-21)15-14-22(23)18-8-3-1-4-9-18/h1-13,16,22-23H,14-15,17H2. The number of hydrogen-bond donors (Lipinski definition) is 0. The van der Waals surface area contributed by atoms with Crippen molar-refractivity contribution in [2.24, 2.45) is 0 Å². The molecule has 1 fully saturated rings. The molecular weight excluding hydrogens is 390 g/mol. The summed E-state index contributed by atoms with van der Waals surface area (Å²) < 4.78 is 28.0. The Hall–Kier alpha value is -2.14. The van der Waals surface area contributed by atoms with Gasteiger partial charge in [-0.25, -0.2) is 8.42 Å². The van der Waals surface area contributed by atoms with Crippen LogP contribution in [-0.2, 0) is 10.0 Å². The van der Waals surface area contributed by atoms with Crippen LogP contribution in [0.2, 0.25) is 5.02 Å². The SMILES string of the molecule is O=S(=O)(c1ccccc1)N1CCC(c2ccccc2)C(c2cccc(Cl)c2)C1. The van der Waals surface area contributed by atoms with E-state index in [1.165, 1.54) is 5.56 Å². The summed E-state index contributed by atoms with van der Waals surface area (Å²) >= 11 is 6.25. The summed E-state index contributed by atoms with van der Waals surface area (Å²) in [5, 5.41) is 0.673. The van der Waals surface area contributed by atoms with Crippen molar-refractivity contribution in [2.45, 2.75) is 23.2 Å². The van der Waals surface area contributed by atoms with Gasteiger partial charge in [-0.2, -0.15) is 4.31 Å². The van der Waals surface area contributed by atoms with Gasteiger partial charge in [0.1, 0.15) is 0 Å². The molecule has 0 radical (unpaired) electrons. The van der Waals surface area contributed by atoms with E-state index in [1.807, 2.05) is 48.5 Å². The number of hydrogen-bond acceptors (Lipinski definition) is 2. The van der Waals surface area contributed by atoms with Crippen LogP contribution in [0.4, 0.5) is 0 Å². The average molecular weight is 412 g/mol. The molecule has 3 aromatic rings. The van der Waals surface area contributed by atoms with Crippen LogP contribution >= 0.6 is 11.6 Å². The third-order valence-corrected chi connectivity index (χ3v) is 7.58. The summed E-state index contributed by atoms with van der Waals surface area (Å²) in [6.07, 6.45) is 0.771. The quantitative estimate of drug-likeness (QED) is 0.584. The van der Waals surface area contributed by atoms with Crippen LogP contribution < -0.4 is 0 Å². The predicted molar refractivity (Wildman–Crippen MR) is 113 cm³/mol. The van der Waals surface area contributed by atoms with Crippen molar-refractivity contribution in [3.8, 4) is 0 Å². The number of piperidine rings is 1. The van der Waals surface area contributed by atoms with Crippen LogP contribution in [0.5, 0.6) is 0 Å². The van der Waals surface area contributed by atoms with Crippen LogP contribution in [0.25, 0.3) is 0 Å². The summed E-state index contributed by atoms with van der Waals surface area (Å²) in [5.41, 5.74) is 2.32. The van der Waals surface area contributed by atoms with Gasteiger partial charge < -0.3 is 0 Å². The molecule has 28 heavy (non-hydrogen) atoms. The van der Waals surface area contributed by atoms with E-state index in [2.05, 4.69) is 12.1 Å². The van der Waals surface area contributed by atoms with E-state index >= 15 is 0 Å². The van der Waals surface area contributed by atoms with Crippen LogP contribution in [0.1, 0.15) is 29.4 Å². The molecule has 1 heterocycles. The summed E-state index contributed by atoms with van der Waals surface area (Å²) in [7, 11) is -3.52. The van der Waals surface area contributed by atoms with Crippen molar-refractivity contribution < 1.29 is 8.42 Å². The Labute approximate surface area is 171 Å². The van der Waals surface area contributed by atoms with Crippen molar-refractivity contribution in [3.63, 3.8) is 0 Å². The molecule has 0 spiro atoms. The highest BCUT2D eigenvalue weighted by atomic mass is 35.5. The molecule has 5 heteroatoms. The van der Waals surface area contributed by atoms with Crippen molar-refractivity contribution in [3.05, 3.63) is 101 Å². The number of benzene rings is 3. The summed E-state index contributed by atoms with van der Waals surface area (Å²) in [5.74, 6) is 0.301. The zero-order chi connectivity index (χ0) is 19.6. The second-order valence-electron chi connectivity index (χ2n) is 7.14. The Kier molecular flexibility index (Phi) is 5.54. The summed E-state index contributed by atoms with van der Waals surface area (Å²) in [4.78, 5) is 0.345. The third-order valence-electron chi connectivity index (χ3n) is 5.46. The molecule has 0 amide bonds. The number of rotatable bonds is 4. The molecule has 0 N–H and O–H groups in total. The first kappa shape index (κ1) is 19.2. The molecule has 1 saturated heterocycles. The largest absolute Gasteiger partial charge is 0.243 e. The molecule has 4 rings (SSSR count). The van der Waals surface area contributed by atoms with E-state index in [4.69, 9.17) is 11.6 Å². The van der Waals surface area contributed by atoms with Gasteiger partial charge in [-0.05, 0) is 47.7 Å². The summed E-state index contributed by atoms with van der Waals surface area (Å²) in [6, 6.07) is 26.8. The molecule has 1 aliphatic heterocycles. The van der Waals surface area contributed by atoms with Gasteiger partial charge in [0.05, 0.1) is 4.90 Å². The van der Waals surface area contributed by atoms with E-state index in [0.717, 1.165) is 12.0 Å². The van der Waals surface area contributed by atoms with Gasteiger partial charge in [-0.15, -0.1) is 0 Å². The fraction of sp³-hybridized carbons (Fsp3) is 0.217. The molecule has 2 unspecified atom stereocenters. The predicted octanol–water partition coefficient (Wildman–Crippen LogP) is 5.30. The molecule has 0 aromatic heterocycles. The van der Waals surface area contributed by atoms with E-state index in [-0.39, 0.29) is 11.8 Å². The molecular formula is C23H22ClNO2S. The van der Waals surface area contributed by atoms with E-state index in [9.17, 15) is 8.42 Å². The minimum absolute atomic E-state index is 0.0494. The Balaban J connectivity index is 1.71. The van der Waals surface area contributed by atoms with E-state index < -0.39 is 10.0 Å². The number of halogens is 1. The monoisotopic (exact) mass is 411 g/mol. The van der Waals surface area contributed by atoms with Crippen LogP contribution in [0, 0.1) is 0 Å². The minimum Gasteiger partial charge on any atom is -0.207 e. The van der Waals surface area contributed by atoms with E-state index in [1.54, 1.807) is 28.6 Å². The van der Waals surface area contributed by atoms with Gasteiger partial charge in [0, 0.05) is 24.0 Å². The maximum atomic E-state index is 13.2. The van der Waals surface area contributed by atoms with Crippen LogP contribution in [-0.4, -0.2) is 25.8 Å². The molecule has 1 aliphatic rings. The molecule has 3 nitrogen and oxygen atoms in total. The molecule has 2 atom stereocenters. The van der Waals surface area contributed by atoms with Gasteiger partial charge >= 0.3 is 0 Å². The number of sulfonamides is 1. The Bertz CT molecular complexity index is 1040. The topological polar surface area (TPSA) is 37.4 Å². The maximum absolute atomic E-state index is 13.2. The highest BCUT2D eigenvalue weighted by Gasteiger charge is 2.37. The Morgan fingerprint density at radius 1 is 0.786 bits per heavy atom. The van der Waals surface area contributed by atoms with E-state index in [0.29, 0.717) is 23.0 Å². The third kappa shape index (κ3) is 3.86. The zero-order valence-corrected chi connectivity index (χ0v) is 17.0.